The highest BCUT2D eigenvalue weighted by Gasteiger charge is 2.20. The van der Waals surface area contributed by atoms with Crippen LogP contribution < -0.4 is 10.1 Å². The molecule has 0 aliphatic carbocycles. The van der Waals surface area contributed by atoms with Crippen LogP contribution >= 0.6 is 0 Å². The Hall–Kier alpha value is -2.90. The summed E-state index contributed by atoms with van der Waals surface area (Å²) < 4.78 is 7.07. The maximum atomic E-state index is 12.1. The molecule has 0 spiro atoms. The highest BCUT2D eigenvalue weighted by atomic mass is 16.5. The Balaban J connectivity index is 2.51. The van der Waals surface area contributed by atoms with Crippen LogP contribution in [-0.4, -0.2) is 45.1 Å². The molecule has 0 bridgehead atoms. The van der Waals surface area contributed by atoms with Crippen molar-refractivity contribution < 1.29 is 19.4 Å². The summed E-state index contributed by atoms with van der Waals surface area (Å²) in [5, 5.41) is 19.7. The largest absolute Gasteiger partial charge is 0.493 e. The van der Waals surface area contributed by atoms with Gasteiger partial charge >= 0.3 is 5.97 Å². The molecule has 0 fully saturated rings. The van der Waals surface area contributed by atoms with E-state index in [1.54, 1.807) is 18.2 Å². The summed E-state index contributed by atoms with van der Waals surface area (Å²) >= 11 is 0. The molecule has 134 valence electrons. The molecule has 0 saturated heterocycles. The second-order valence-corrected chi connectivity index (χ2v) is 5.32. The van der Waals surface area contributed by atoms with Gasteiger partial charge in [0.05, 0.1) is 23.6 Å². The van der Waals surface area contributed by atoms with E-state index >= 15 is 0 Å². The van der Waals surface area contributed by atoms with Gasteiger partial charge in [0.2, 0.25) is 0 Å². The molecule has 1 heterocycles. The predicted octanol–water partition coefficient (Wildman–Crippen LogP) is 2.07. The first-order chi connectivity index (χ1) is 12.0. The van der Waals surface area contributed by atoms with Crippen LogP contribution in [0.2, 0.25) is 0 Å². The van der Waals surface area contributed by atoms with Gasteiger partial charge < -0.3 is 15.2 Å². The Morgan fingerprint density at radius 1 is 1.28 bits per heavy atom. The van der Waals surface area contributed by atoms with E-state index in [1.165, 1.54) is 4.68 Å². The van der Waals surface area contributed by atoms with E-state index in [4.69, 9.17) is 4.74 Å². The van der Waals surface area contributed by atoms with Gasteiger partial charge in [-0.3, -0.25) is 4.79 Å². The summed E-state index contributed by atoms with van der Waals surface area (Å²) in [6.45, 7) is 6.53. The first-order valence-electron chi connectivity index (χ1n) is 8.26. The highest BCUT2D eigenvalue weighted by molar-refractivity contribution is 5.97. The van der Waals surface area contributed by atoms with Crippen molar-refractivity contribution in [3.05, 3.63) is 35.2 Å². The third kappa shape index (κ3) is 3.96. The van der Waals surface area contributed by atoms with Crippen molar-refractivity contribution in [3.8, 4) is 11.4 Å². The zero-order valence-electron chi connectivity index (χ0n) is 14.6. The molecule has 8 nitrogen and oxygen atoms in total. The number of nitrogens with zero attached hydrogens (tertiary/aromatic N) is 3. The zero-order chi connectivity index (χ0) is 18.4. The second kappa shape index (κ2) is 8.27. The standard InChI is InChI=1S/C17H22N4O4/c1-4-7-13-15(17(23)24)19-20-21(13)11-8-9-12(16(22)18-5-2)14(10-11)25-6-3/h8-10H,4-7H2,1-3H3,(H,18,22)(H,23,24). The van der Waals surface area contributed by atoms with Gasteiger partial charge in [-0.1, -0.05) is 18.6 Å². The van der Waals surface area contributed by atoms with Crippen LogP contribution in [-0.2, 0) is 6.42 Å². The quantitative estimate of drug-likeness (QED) is 0.758. The normalized spacial score (nSPS) is 10.5. The number of carbonyl (C=O) groups is 2. The molecule has 0 aliphatic rings. The average molecular weight is 346 g/mol. The number of aromatic carboxylic acids is 1. The molecule has 1 aromatic heterocycles. The number of benzene rings is 1. The van der Waals surface area contributed by atoms with Gasteiger partial charge in [0.1, 0.15) is 5.75 Å². The van der Waals surface area contributed by atoms with Crippen LogP contribution in [0.25, 0.3) is 5.69 Å². The van der Waals surface area contributed by atoms with E-state index in [2.05, 4.69) is 15.6 Å². The molecule has 0 aliphatic heterocycles. The maximum absolute atomic E-state index is 12.1. The third-order valence-electron chi connectivity index (χ3n) is 3.54. The molecular weight excluding hydrogens is 324 g/mol. The molecule has 1 aromatic carbocycles. The SMILES string of the molecule is CCCc1c(C(=O)O)nnn1-c1ccc(C(=O)NCC)c(OCC)c1. The van der Waals surface area contributed by atoms with Crippen molar-refractivity contribution in [1.29, 1.82) is 0 Å². The van der Waals surface area contributed by atoms with Crippen LogP contribution in [0.5, 0.6) is 5.75 Å². The Morgan fingerprint density at radius 2 is 2.04 bits per heavy atom. The lowest BCUT2D eigenvalue weighted by atomic mass is 10.1. The van der Waals surface area contributed by atoms with E-state index in [9.17, 15) is 14.7 Å². The van der Waals surface area contributed by atoms with E-state index in [0.29, 0.717) is 42.3 Å². The Morgan fingerprint density at radius 3 is 2.64 bits per heavy atom. The molecular formula is C17H22N4O4. The van der Waals surface area contributed by atoms with Crippen LogP contribution in [0.15, 0.2) is 18.2 Å². The molecule has 0 saturated carbocycles. The van der Waals surface area contributed by atoms with Crippen molar-refractivity contribution in [2.45, 2.75) is 33.6 Å². The minimum atomic E-state index is -1.11. The molecule has 0 radical (unpaired) electrons. The van der Waals surface area contributed by atoms with Crippen LogP contribution in [0.4, 0.5) is 0 Å². The topological polar surface area (TPSA) is 106 Å². The molecule has 2 rings (SSSR count). The molecule has 0 atom stereocenters. The van der Waals surface area contributed by atoms with E-state index in [0.717, 1.165) is 6.42 Å². The number of hydrogen-bond donors (Lipinski definition) is 2. The number of carboxylic acids is 1. The Bertz CT molecular complexity index is 770. The van der Waals surface area contributed by atoms with Gasteiger partial charge in [-0.25, -0.2) is 9.48 Å². The molecule has 25 heavy (non-hydrogen) atoms. The lowest BCUT2D eigenvalue weighted by Gasteiger charge is -2.13. The zero-order valence-corrected chi connectivity index (χ0v) is 14.6. The van der Waals surface area contributed by atoms with E-state index in [1.807, 2.05) is 20.8 Å². The molecule has 2 N–H and O–H groups in total. The third-order valence-corrected chi connectivity index (χ3v) is 3.54. The number of hydrogen-bond acceptors (Lipinski definition) is 5. The number of amides is 1. The van der Waals surface area contributed by atoms with Crippen molar-refractivity contribution in [1.82, 2.24) is 20.3 Å². The van der Waals surface area contributed by atoms with Crippen molar-refractivity contribution in [3.63, 3.8) is 0 Å². The lowest BCUT2D eigenvalue weighted by Crippen LogP contribution is -2.23. The number of carboxylic acid groups (broad SMARTS) is 1. The Labute approximate surface area is 145 Å². The maximum Gasteiger partial charge on any atom is 0.358 e. The minimum absolute atomic E-state index is 0.0624. The smallest absolute Gasteiger partial charge is 0.358 e. The summed E-state index contributed by atoms with van der Waals surface area (Å²) in [5.41, 5.74) is 1.47. The van der Waals surface area contributed by atoms with Crippen LogP contribution in [0, 0.1) is 0 Å². The monoisotopic (exact) mass is 346 g/mol. The molecule has 0 unspecified atom stereocenters. The summed E-state index contributed by atoms with van der Waals surface area (Å²) in [6, 6.07) is 5.02. The van der Waals surface area contributed by atoms with Gasteiger partial charge in [-0.05, 0) is 32.4 Å². The van der Waals surface area contributed by atoms with Gasteiger partial charge in [0, 0.05) is 12.6 Å². The van der Waals surface area contributed by atoms with Gasteiger partial charge in [0.15, 0.2) is 5.69 Å². The van der Waals surface area contributed by atoms with Crippen molar-refractivity contribution in [2.75, 3.05) is 13.2 Å². The first-order valence-corrected chi connectivity index (χ1v) is 8.26. The predicted molar refractivity (Wildman–Crippen MR) is 91.5 cm³/mol. The van der Waals surface area contributed by atoms with Gasteiger partial charge in [-0.2, -0.15) is 0 Å². The average Bonchev–Trinajstić information content (AvgIpc) is 2.99. The lowest BCUT2D eigenvalue weighted by molar-refractivity contribution is 0.0688. The molecule has 1 amide bonds. The van der Waals surface area contributed by atoms with Crippen LogP contribution in [0.3, 0.4) is 0 Å². The summed E-state index contributed by atoms with van der Waals surface area (Å²) in [5.74, 6) is -0.921. The second-order valence-electron chi connectivity index (χ2n) is 5.32. The minimum Gasteiger partial charge on any atom is -0.493 e. The summed E-state index contributed by atoms with van der Waals surface area (Å²) in [4.78, 5) is 23.5. The number of carbonyl (C=O) groups excluding carboxylic acids is 1. The summed E-state index contributed by atoms with van der Waals surface area (Å²) in [7, 11) is 0. The fourth-order valence-corrected chi connectivity index (χ4v) is 2.50. The van der Waals surface area contributed by atoms with Gasteiger partial charge in [-0.15, -0.1) is 5.10 Å². The van der Waals surface area contributed by atoms with Crippen LogP contribution in [0.1, 0.15) is 53.7 Å². The van der Waals surface area contributed by atoms with Crippen molar-refractivity contribution in [2.24, 2.45) is 0 Å². The highest BCUT2D eigenvalue weighted by Crippen LogP contribution is 2.24. The van der Waals surface area contributed by atoms with Gasteiger partial charge in [0.25, 0.3) is 5.91 Å². The van der Waals surface area contributed by atoms with Crippen molar-refractivity contribution >= 4 is 11.9 Å². The van der Waals surface area contributed by atoms with E-state index in [-0.39, 0.29) is 11.6 Å². The first kappa shape index (κ1) is 18.4. The fraction of sp³-hybridized carbons (Fsp3) is 0.412. The molecule has 2 aromatic rings. The Kier molecular flexibility index (Phi) is 6.10. The fourth-order valence-electron chi connectivity index (χ4n) is 2.50. The number of ether oxygens (including phenoxy) is 1. The number of nitrogens with one attached hydrogen (secondary N) is 1. The number of rotatable bonds is 8. The van der Waals surface area contributed by atoms with E-state index < -0.39 is 5.97 Å². The number of aromatic nitrogens is 3. The summed E-state index contributed by atoms with van der Waals surface area (Å²) in [6.07, 6.45) is 1.28. The molecule has 8 heteroatoms.